The second-order valence-electron chi connectivity index (χ2n) is 4.00. The van der Waals surface area contributed by atoms with E-state index in [0.29, 0.717) is 10.7 Å². The SMILES string of the molecule is COCC(N)C(=O)Nc1ccc(Sc2nncs2)c(Cl)c1.Cl. The average molecular weight is 381 g/mol. The zero-order valence-corrected chi connectivity index (χ0v) is 14.7. The zero-order chi connectivity index (χ0) is 15.2. The van der Waals surface area contributed by atoms with Crippen molar-refractivity contribution in [2.45, 2.75) is 15.3 Å². The minimum Gasteiger partial charge on any atom is -0.383 e. The number of nitrogens with zero attached hydrogens (tertiary/aromatic N) is 2. The van der Waals surface area contributed by atoms with E-state index in [0.717, 1.165) is 9.24 Å². The van der Waals surface area contributed by atoms with Gasteiger partial charge in [-0.3, -0.25) is 4.79 Å². The molecule has 0 spiro atoms. The first-order chi connectivity index (χ1) is 10.1. The van der Waals surface area contributed by atoms with Gasteiger partial charge in [-0.1, -0.05) is 34.7 Å². The van der Waals surface area contributed by atoms with Crippen molar-refractivity contribution in [1.82, 2.24) is 10.2 Å². The molecule has 1 aromatic carbocycles. The molecule has 2 aromatic rings. The summed E-state index contributed by atoms with van der Waals surface area (Å²) < 4.78 is 5.64. The number of rotatable bonds is 6. The van der Waals surface area contributed by atoms with E-state index in [2.05, 4.69) is 15.5 Å². The number of methoxy groups -OCH3 is 1. The van der Waals surface area contributed by atoms with E-state index >= 15 is 0 Å². The number of anilines is 1. The molecule has 6 nitrogen and oxygen atoms in total. The van der Waals surface area contributed by atoms with Crippen molar-refractivity contribution in [3.05, 3.63) is 28.7 Å². The van der Waals surface area contributed by atoms with Gasteiger partial charge in [0.1, 0.15) is 11.6 Å². The van der Waals surface area contributed by atoms with Crippen molar-refractivity contribution in [2.24, 2.45) is 5.73 Å². The number of ether oxygens (including phenoxy) is 1. The van der Waals surface area contributed by atoms with Crippen LogP contribution < -0.4 is 11.1 Å². The third kappa shape index (κ3) is 5.38. The lowest BCUT2D eigenvalue weighted by atomic mass is 10.2. The molecule has 0 aliphatic heterocycles. The van der Waals surface area contributed by atoms with Crippen LogP contribution in [-0.2, 0) is 9.53 Å². The third-order valence-corrected chi connectivity index (χ3v) is 4.70. The van der Waals surface area contributed by atoms with Gasteiger partial charge in [0, 0.05) is 17.7 Å². The quantitative estimate of drug-likeness (QED) is 0.800. The number of carbonyl (C=O) groups excluding carboxylic acids is 1. The van der Waals surface area contributed by atoms with Crippen LogP contribution in [-0.4, -0.2) is 35.9 Å². The van der Waals surface area contributed by atoms with Crippen LogP contribution in [0.3, 0.4) is 0 Å². The molecule has 2 rings (SSSR count). The Morgan fingerprint density at radius 2 is 2.36 bits per heavy atom. The Balaban J connectivity index is 0.00000242. The molecule has 0 aliphatic carbocycles. The highest BCUT2D eigenvalue weighted by Crippen LogP contribution is 2.35. The largest absolute Gasteiger partial charge is 0.383 e. The van der Waals surface area contributed by atoms with E-state index in [1.165, 1.54) is 30.2 Å². The monoisotopic (exact) mass is 380 g/mol. The van der Waals surface area contributed by atoms with Crippen LogP contribution in [0.5, 0.6) is 0 Å². The number of carbonyl (C=O) groups is 1. The number of benzene rings is 1. The van der Waals surface area contributed by atoms with Crippen molar-refractivity contribution in [2.75, 3.05) is 19.0 Å². The molecular weight excluding hydrogens is 367 g/mol. The van der Waals surface area contributed by atoms with Gasteiger partial charge >= 0.3 is 0 Å². The smallest absolute Gasteiger partial charge is 0.243 e. The molecule has 10 heteroatoms. The van der Waals surface area contributed by atoms with Crippen LogP contribution in [0, 0.1) is 0 Å². The zero-order valence-electron chi connectivity index (χ0n) is 11.5. The lowest BCUT2D eigenvalue weighted by Gasteiger charge is -2.12. The predicted octanol–water partition coefficient (Wildman–Crippen LogP) is 2.68. The number of hydrogen-bond acceptors (Lipinski definition) is 7. The van der Waals surface area contributed by atoms with Crippen LogP contribution in [0.15, 0.2) is 32.9 Å². The second kappa shape index (κ2) is 9.29. The Bertz CT molecular complexity index is 613. The molecule has 0 aliphatic rings. The molecule has 3 N–H and O–H groups in total. The van der Waals surface area contributed by atoms with Gasteiger partial charge in [0.05, 0.1) is 11.6 Å². The lowest BCUT2D eigenvalue weighted by molar-refractivity contribution is -0.118. The molecule has 0 saturated carbocycles. The summed E-state index contributed by atoms with van der Waals surface area (Å²) in [6, 6.07) is 4.52. The number of amides is 1. The molecule has 1 aromatic heterocycles. The van der Waals surface area contributed by atoms with Gasteiger partial charge in [-0.15, -0.1) is 22.6 Å². The Morgan fingerprint density at radius 3 is 2.95 bits per heavy atom. The van der Waals surface area contributed by atoms with Gasteiger partial charge in [-0.05, 0) is 18.2 Å². The molecule has 1 unspecified atom stereocenters. The van der Waals surface area contributed by atoms with E-state index in [-0.39, 0.29) is 24.9 Å². The van der Waals surface area contributed by atoms with Crippen molar-refractivity contribution in [3.8, 4) is 0 Å². The summed E-state index contributed by atoms with van der Waals surface area (Å²) in [7, 11) is 1.49. The second-order valence-corrected chi connectivity index (χ2v) is 6.53. The highest BCUT2D eigenvalue weighted by atomic mass is 35.5. The molecule has 1 atom stereocenters. The van der Waals surface area contributed by atoms with E-state index in [1.807, 2.05) is 6.07 Å². The minimum absolute atomic E-state index is 0. The summed E-state index contributed by atoms with van der Waals surface area (Å²) in [5, 5.41) is 10.9. The number of nitrogens with one attached hydrogen (secondary N) is 1. The topological polar surface area (TPSA) is 90.1 Å². The van der Waals surface area contributed by atoms with Crippen molar-refractivity contribution >= 4 is 58.7 Å². The highest BCUT2D eigenvalue weighted by Gasteiger charge is 2.14. The maximum Gasteiger partial charge on any atom is 0.243 e. The van der Waals surface area contributed by atoms with Gasteiger partial charge in [-0.2, -0.15) is 0 Å². The molecule has 0 fully saturated rings. The minimum atomic E-state index is -0.718. The molecule has 22 heavy (non-hydrogen) atoms. The van der Waals surface area contributed by atoms with Crippen LogP contribution >= 0.6 is 47.1 Å². The van der Waals surface area contributed by atoms with Gasteiger partial charge in [0.15, 0.2) is 4.34 Å². The van der Waals surface area contributed by atoms with Crippen molar-refractivity contribution < 1.29 is 9.53 Å². The molecule has 0 bridgehead atoms. The first-order valence-corrected chi connectivity index (χ1v) is 7.96. The third-order valence-electron chi connectivity index (χ3n) is 2.42. The maximum atomic E-state index is 11.8. The molecule has 1 heterocycles. The van der Waals surface area contributed by atoms with Crippen LogP contribution in [0.1, 0.15) is 0 Å². The summed E-state index contributed by atoms with van der Waals surface area (Å²) in [6.07, 6.45) is 0. The fourth-order valence-corrected chi connectivity index (χ4v) is 3.19. The van der Waals surface area contributed by atoms with Crippen molar-refractivity contribution in [3.63, 3.8) is 0 Å². The summed E-state index contributed by atoms with van der Waals surface area (Å²) in [6.45, 7) is 0.157. The van der Waals surface area contributed by atoms with E-state index < -0.39 is 6.04 Å². The number of halogens is 2. The van der Waals surface area contributed by atoms with Gasteiger partial charge < -0.3 is 15.8 Å². The van der Waals surface area contributed by atoms with Crippen LogP contribution in [0.4, 0.5) is 5.69 Å². The van der Waals surface area contributed by atoms with Gasteiger partial charge in [0.25, 0.3) is 0 Å². The fourth-order valence-electron chi connectivity index (χ4n) is 1.45. The van der Waals surface area contributed by atoms with E-state index in [9.17, 15) is 4.79 Å². The summed E-state index contributed by atoms with van der Waals surface area (Å²) >= 11 is 9.05. The Kier molecular flexibility index (Phi) is 8.08. The fraction of sp³-hybridized carbons (Fsp3) is 0.250. The standard InChI is InChI=1S/C12H13ClN4O2S2.ClH/c1-19-5-9(14)11(18)16-7-2-3-10(8(13)4-7)21-12-17-15-6-20-12;/h2-4,6,9H,5,14H2,1H3,(H,16,18);1H. The Labute approximate surface area is 147 Å². The van der Waals surface area contributed by atoms with E-state index in [1.54, 1.807) is 17.6 Å². The van der Waals surface area contributed by atoms with Crippen LogP contribution in [0.2, 0.25) is 5.02 Å². The van der Waals surface area contributed by atoms with Crippen molar-refractivity contribution in [1.29, 1.82) is 0 Å². The van der Waals surface area contributed by atoms with Gasteiger partial charge in [0.2, 0.25) is 5.91 Å². The highest BCUT2D eigenvalue weighted by molar-refractivity contribution is 8.01. The van der Waals surface area contributed by atoms with E-state index in [4.69, 9.17) is 22.1 Å². The first-order valence-electron chi connectivity index (χ1n) is 5.89. The summed E-state index contributed by atoms with van der Waals surface area (Å²) in [5.74, 6) is -0.322. The molecule has 1 amide bonds. The maximum absolute atomic E-state index is 11.8. The molecule has 120 valence electrons. The average Bonchev–Trinajstić information content (AvgIpc) is 2.95. The van der Waals surface area contributed by atoms with Gasteiger partial charge in [-0.25, -0.2) is 0 Å². The summed E-state index contributed by atoms with van der Waals surface area (Å²) in [5.41, 5.74) is 7.88. The molecule has 0 radical (unpaired) electrons. The Morgan fingerprint density at radius 1 is 1.59 bits per heavy atom. The number of aromatic nitrogens is 2. The normalized spacial score (nSPS) is 11.6. The lowest BCUT2D eigenvalue weighted by Crippen LogP contribution is -2.39. The molecular formula is C12H14Cl2N4O2S2. The first kappa shape index (κ1) is 19.1. The number of hydrogen-bond donors (Lipinski definition) is 2. The number of nitrogens with two attached hydrogens (primary N) is 1. The predicted molar refractivity (Wildman–Crippen MR) is 91.2 cm³/mol. The molecule has 0 saturated heterocycles. The van der Waals surface area contributed by atoms with Crippen LogP contribution in [0.25, 0.3) is 0 Å². The Hall–Kier alpha value is -0.900. The summed E-state index contributed by atoms with van der Waals surface area (Å²) in [4.78, 5) is 12.6.